The van der Waals surface area contributed by atoms with Gasteiger partial charge in [0.2, 0.25) is 0 Å². The molecule has 0 radical (unpaired) electrons. The fourth-order valence-electron chi connectivity index (χ4n) is 2.58. The molecule has 1 aromatic heterocycles. The normalized spacial score (nSPS) is 12.2. The summed E-state index contributed by atoms with van der Waals surface area (Å²) in [6, 6.07) is 5.94. The van der Waals surface area contributed by atoms with Gasteiger partial charge < -0.3 is 10.4 Å². The van der Waals surface area contributed by atoms with E-state index in [4.69, 9.17) is 0 Å². The molecular formula is C17H21NO2S. The van der Waals surface area contributed by atoms with Crippen molar-refractivity contribution in [3.63, 3.8) is 0 Å². The molecule has 0 spiro atoms. The molecule has 1 atom stereocenters. The summed E-state index contributed by atoms with van der Waals surface area (Å²) < 4.78 is 0. The molecule has 2 aromatic rings. The molecule has 0 aliphatic carbocycles. The molecule has 0 saturated heterocycles. The zero-order chi connectivity index (χ0) is 15.4. The number of rotatable bonds is 5. The lowest BCUT2D eigenvalue weighted by molar-refractivity contribution is 0.0941. The van der Waals surface area contributed by atoms with Crippen molar-refractivity contribution >= 4 is 17.2 Å². The molecule has 2 N–H and O–H groups in total. The van der Waals surface area contributed by atoms with Gasteiger partial charge in [0.15, 0.2) is 0 Å². The Bertz CT molecular complexity index is 597. The molecule has 1 amide bonds. The van der Waals surface area contributed by atoms with Crippen molar-refractivity contribution in [3.05, 3.63) is 56.8 Å². The van der Waals surface area contributed by atoms with Gasteiger partial charge in [-0.1, -0.05) is 17.7 Å². The van der Waals surface area contributed by atoms with Crippen LogP contribution in [0.1, 0.15) is 45.1 Å². The van der Waals surface area contributed by atoms with E-state index in [1.807, 2.05) is 49.7 Å². The Labute approximate surface area is 129 Å². The van der Waals surface area contributed by atoms with Crippen molar-refractivity contribution in [1.29, 1.82) is 0 Å². The highest BCUT2D eigenvalue weighted by Gasteiger charge is 2.13. The highest BCUT2D eigenvalue weighted by molar-refractivity contribution is 7.07. The summed E-state index contributed by atoms with van der Waals surface area (Å²) in [6.45, 7) is 6.39. The van der Waals surface area contributed by atoms with Gasteiger partial charge in [-0.3, -0.25) is 4.79 Å². The fourth-order valence-corrected chi connectivity index (χ4v) is 3.29. The number of amides is 1. The molecule has 1 unspecified atom stereocenters. The van der Waals surface area contributed by atoms with E-state index < -0.39 is 6.10 Å². The molecule has 0 aliphatic heterocycles. The Hall–Kier alpha value is -1.65. The Balaban J connectivity index is 1.94. The molecule has 0 saturated carbocycles. The number of hydrogen-bond donors (Lipinski definition) is 2. The quantitative estimate of drug-likeness (QED) is 0.888. The first kappa shape index (κ1) is 15.7. The second kappa shape index (κ2) is 6.87. The van der Waals surface area contributed by atoms with Gasteiger partial charge in [-0.2, -0.15) is 11.3 Å². The first-order valence-electron chi connectivity index (χ1n) is 7.05. The van der Waals surface area contributed by atoms with Crippen molar-refractivity contribution in [2.75, 3.05) is 6.54 Å². The predicted octanol–water partition coefficient (Wildman–Crippen LogP) is 3.53. The Morgan fingerprint density at radius 2 is 1.95 bits per heavy atom. The van der Waals surface area contributed by atoms with E-state index in [1.165, 1.54) is 0 Å². The number of carbonyl (C=O) groups is 1. The maximum absolute atomic E-state index is 12.3. The van der Waals surface area contributed by atoms with Crippen molar-refractivity contribution in [2.45, 2.75) is 33.3 Å². The Morgan fingerprint density at radius 3 is 2.52 bits per heavy atom. The van der Waals surface area contributed by atoms with Crippen LogP contribution >= 0.6 is 11.3 Å². The van der Waals surface area contributed by atoms with E-state index in [0.29, 0.717) is 13.0 Å². The summed E-state index contributed by atoms with van der Waals surface area (Å²) in [5, 5.41) is 16.8. The molecule has 2 rings (SSSR count). The average Bonchev–Trinajstić information content (AvgIpc) is 2.91. The Morgan fingerprint density at radius 1 is 1.29 bits per heavy atom. The third-order valence-corrected chi connectivity index (χ3v) is 4.24. The second-order valence-electron chi connectivity index (χ2n) is 5.39. The topological polar surface area (TPSA) is 49.3 Å². The van der Waals surface area contributed by atoms with E-state index in [2.05, 4.69) is 5.32 Å². The zero-order valence-corrected chi connectivity index (χ0v) is 13.5. The van der Waals surface area contributed by atoms with Gasteiger partial charge in [0.05, 0.1) is 6.10 Å². The van der Waals surface area contributed by atoms with Crippen LogP contribution in [0.2, 0.25) is 0 Å². The number of benzene rings is 1. The van der Waals surface area contributed by atoms with Crippen molar-refractivity contribution < 1.29 is 9.90 Å². The molecule has 0 aliphatic rings. The predicted molar refractivity (Wildman–Crippen MR) is 86.9 cm³/mol. The minimum atomic E-state index is -0.517. The molecule has 21 heavy (non-hydrogen) atoms. The van der Waals surface area contributed by atoms with Crippen LogP contribution in [0.4, 0.5) is 0 Å². The molecule has 1 heterocycles. The highest BCUT2D eigenvalue weighted by Crippen LogP contribution is 2.19. The zero-order valence-electron chi connectivity index (χ0n) is 12.6. The lowest BCUT2D eigenvalue weighted by atomic mass is 9.99. The van der Waals surface area contributed by atoms with Gasteiger partial charge in [-0.05, 0) is 60.7 Å². The van der Waals surface area contributed by atoms with Gasteiger partial charge in [-0.15, -0.1) is 0 Å². The van der Waals surface area contributed by atoms with Crippen LogP contribution in [0.25, 0.3) is 0 Å². The Kier molecular flexibility index (Phi) is 5.15. The van der Waals surface area contributed by atoms with Crippen LogP contribution in [-0.4, -0.2) is 17.6 Å². The molecule has 0 bridgehead atoms. The fraction of sp³-hybridized carbons (Fsp3) is 0.353. The highest BCUT2D eigenvalue weighted by atomic mass is 32.1. The van der Waals surface area contributed by atoms with Gasteiger partial charge in [0, 0.05) is 12.1 Å². The number of aliphatic hydroxyl groups is 1. The summed E-state index contributed by atoms with van der Waals surface area (Å²) in [7, 11) is 0. The number of nitrogens with one attached hydrogen (secondary N) is 1. The van der Waals surface area contributed by atoms with E-state index in [1.54, 1.807) is 11.3 Å². The summed E-state index contributed by atoms with van der Waals surface area (Å²) in [4.78, 5) is 12.3. The molecule has 3 nitrogen and oxygen atoms in total. The van der Waals surface area contributed by atoms with Gasteiger partial charge in [0.25, 0.3) is 5.91 Å². The smallest absolute Gasteiger partial charge is 0.251 e. The minimum Gasteiger partial charge on any atom is -0.388 e. The maximum Gasteiger partial charge on any atom is 0.251 e. The van der Waals surface area contributed by atoms with E-state index in [0.717, 1.165) is 27.8 Å². The standard InChI is InChI=1S/C17H21NO2S/c1-11-8-12(2)16(13(3)9-11)17(20)18-6-4-15(19)14-5-7-21-10-14/h5,7-10,15,19H,4,6H2,1-3H3,(H,18,20). The van der Waals surface area contributed by atoms with Crippen molar-refractivity contribution in [2.24, 2.45) is 0 Å². The molecular weight excluding hydrogens is 282 g/mol. The maximum atomic E-state index is 12.3. The third-order valence-electron chi connectivity index (χ3n) is 3.54. The number of aryl methyl sites for hydroxylation is 3. The van der Waals surface area contributed by atoms with Crippen LogP contribution < -0.4 is 5.32 Å². The molecule has 4 heteroatoms. The summed E-state index contributed by atoms with van der Waals surface area (Å²) >= 11 is 1.56. The molecule has 1 aromatic carbocycles. The number of thiophene rings is 1. The summed E-state index contributed by atoms with van der Waals surface area (Å²) in [5.74, 6) is -0.0671. The van der Waals surface area contributed by atoms with Crippen LogP contribution in [0, 0.1) is 20.8 Å². The monoisotopic (exact) mass is 303 g/mol. The van der Waals surface area contributed by atoms with Crippen LogP contribution in [0.15, 0.2) is 29.0 Å². The first-order chi connectivity index (χ1) is 9.99. The number of aliphatic hydroxyl groups excluding tert-OH is 1. The summed E-state index contributed by atoms with van der Waals surface area (Å²) in [5.41, 5.74) is 4.80. The largest absolute Gasteiger partial charge is 0.388 e. The average molecular weight is 303 g/mol. The lowest BCUT2D eigenvalue weighted by Crippen LogP contribution is -2.27. The van der Waals surface area contributed by atoms with Crippen LogP contribution in [-0.2, 0) is 0 Å². The third kappa shape index (κ3) is 3.93. The number of hydrogen-bond acceptors (Lipinski definition) is 3. The summed E-state index contributed by atoms with van der Waals surface area (Å²) in [6.07, 6.45) is 0.00338. The van der Waals surface area contributed by atoms with Crippen LogP contribution in [0.5, 0.6) is 0 Å². The first-order valence-corrected chi connectivity index (χ1v) is 7.99. The lowest BCUT2D eigenvalue weighted by Gasteiger charge is -2.13. The van der Waals surface area contributed by atoms with E-state index in [9.17, 15) is 9.90 Å². The second-order valence-corrected chi connectivity index (χ2v) is 6.17. The van der Waals surface area contributed by atoms with Gasteiger partial charge in [-0.25, -0.2) is 0 Å². The molecule has 0 fully saturated rings. The minimum absolute atomic E-state index is 0.0671. The van der Waals surface area contributed by atoms with Crippen molar-refractivity contribution in [3.8, 4) is 0 Å². The SMILES string of the molecule is Cc1cc(C)c(C(=O)NCCC(O)c2ccsc2)c(C)c1. The number of carbonyl (C=O) groups excluding carboxylic acids is 1. The van der Waals surface area contributed by atoms with Gasteiger partial charge in [0.1, 0.15) is 0 Å². The van der Waals surface area contributed by atoms with Gasteiger partial charge >= 0.3 is 0 Å². The van der Waals surface area contributed by atoms with E-state index >= 15 is 0 Å². The van der Waals surface area contributed by atoms with Crippen molar-refractivity contribution in [1.82, 2.24) is 5.32 Å². The van der Waals surface area contributed by atoms with E-state index in [-0.39, 0.29) is 5.91 Å². The molecule has 112 valence electrons. The van der Waals surface area contributed by atoms with Crippen LogP contribution in [0.3, 0.4) is 0 Å².